The number of carbonyl (C=O) groups excluding carboxylic acids is 1. The number of hydrogen-bond acceptors (Lipinski definition) is 5. The molecule has 3 aromatic rings. The van der Waals surface area contributed by atoms with Crippen molar-refractivity contribution in [3.63, 3.8) is 0 Å². The molecule has 0 saturated carbocycles. The van der Waals surface area contributed by atoms with E-state index < -0.39 is 46.3 Å². The highest BCUT2D eigenvalue weighted by Crippen LogP contribution is 2.43. The number of benzene rings is 2. The third-order valence-corrected chi connectivity index (χ3v) is 8.84. The van der Waals surface area contributed by atoms with Gasteiger partial charge in [-0.2, -0.15) is 0 Å². The Bertz CT molecular complexity index is 1560. The Morgan fingerprint density at radius 1 is 1.09 bits per heavy atom. The third-order valence-electron chi connectivity index (χ3n) is 8.84. The second-order valence-electron chi connectivity index (χ2n) is 12.9. The molecule has 44 heavy (non-hydrogen) atoms. The number of hydrogen-bond donors (Lipinski definition) is 2. The highest BCUT2D eigenvalue weighted by Gasteiger charge is 2.56. The van der Waals surface area contributed by atoms with Crippen molar-refractivity contribution in [3.8, 4) is 0 Å². The molecule has 1 amide bonds. The van der Waals surface area contributed by atoms with Crippen LogP contribution in [0.3, 0.4) is 0 Å². The predicted molar refractivity (Wildman–Crippen MR) is 158 cm³/mol. The molecule has 236 valence electrons. The van der Waals surface area contributed by atoms with E-state index in [0.29, 0.717) is 6.07 Å². The number of aryl methyl sites for hydroxylation is 1. The van der Waals surface area contributed by atoms with Crippen LogP contribution in [0.4, 0.5) is 29.2 Å². The van der Waals surface area contributed by atoms with E-state index in [1.165, 1.54) is 12.3 Å². The first-order valence-corrected chi connectivity index (χ1v) is 14.6. The molecule has 3 heterocycles. The number of aliphatic carboxylic acids is 1. The van der Waals surface area contributed by atoms with E-state index >= 15 is 4.39 Å². The summed E-state index contributed by atoms with van der Waals surface area (Å²) in [7, 11) is 0. The quantitative estimate of drug-likeness (QED) is 0.344. The van der Waals surface area contributed by atoms with E-state index in [-0.39, 0.29) is 57.1 Å². The zero-order chi connectivity index (χ0) is 32.0. The summed E-state index contributed by atoms with van der Waals surface area (Å²) < 4.78 is 61.8. The summed E-state index contributed by atoms with van der Waals surface area (Å²) in [5.74, 6) is -5.26. The first kappa shape index (κ1) is 31.5. The monoisotopic (exact) mass is 615 g/mol. The van der Waals surface area contributed by atoms with Gasteiger partial charge in [0.2, 0.25) is 17.3 Å². The van der Waals surface area contributed by atoms with Crippen LogP contribution in [0.1, 0.15) is 56.2 Å². The summed E-state index contributed by atoms with van der Waals surface area (Å²) in [4.78, 5) is 33.0. The Kier molecular flexibility index (Phi) is 8.25. The molecule has 2 aromatic carbocycles. The standard InChI is InChI=1S/C32H37F4N5O3/c1-20-5-6-21(26(15-20)39-12-9-31(35,10-13-39)28(43)44)17-40-14-11-37-29(40)38-27(42)32(36)19-41(30(2,3)4)18-24(32)23-8-7-22(33)16-25(23)34/h5-8,11,14-16,24H,9-10,12-13,17-19H2,1-4H3,(H,43,44)(H,37,38,42)/t24-,32-/m0/s1. The Morgan fingerprint density at radius 2 is 1.80 bits per heavy atom. The smallest absolute Gasteiger partial charge is 0.341 e. The zero-order valence-electron chi connectivity index (χ0n) is 25.2. The number of anilines is 2. The van der Waals surface area contributed by atoms with Gasteiger partial charge in [0.05, 0.1) is 6.54 Å². The van der Waals surface area contributed by atoms with Crippen LogP contribution in [-0.4, -0.2) is 74.5 Å². The molecule has 0 unspecified atom stereocenters. The van der Waals surface area contributed by atoms with Gasteiger partial charge in [0.1, 0.15) is 11.6 Å². The molecule has 0 spiro atoms. The molecule has 2 fully saturated rings. The Balaban J connectivity index is 1.40. The van der Waals surface area contributed by atoms with Crippen LogP contribution in [0.15, 0.2) is 48.8 Å². The van der Waals surface area contributed by atoms with Crippen molar-refractivity contribution in [2.75, 3.05) is 36.4 Å². The number of imidazole rings is 1. The average Bonchev–Trinajstić information content (AvgIpc) is 3.54. The number of likely N-dealkylation sites (tertiary alicyclic amines) is 1. The van der Waals surface area contributed by atoms with Crippen LogP contribution in [0, 0.1) is 18.6 Å². The number of nitrogens with zero attached hydrogens (tertiary/aromatic N) is 4. The Morgan fingerprint density at radius 3 is 2.43 bits per heavy atom. The highest BCUT2D eigenvalue weighted by atomic mass is 19.2. The molecule has 0 radical (unpaired) electrons. The molecule has 2 aliphatic heterocycles. The SMILES string of the molecule is Cc1ccc(Cn2ccnc2NC(=O)[C@]2(F)CN(C(C)(C)C)C[C@H]2c2ccc(F)cc2F)c(N2CCC(F)(C(=O)O)CC2)c1. The van der Waals surface area contributed by atoms with Crippen LogP contribution in [0.5, 0.6) is 0 Å². The van der Waals surface area contributed by atoms with E-state index in [1.54, 1.807) is 15.7 Å². The Hall–Kier alpha value is -3.93. The number of carbonyl (C=O) groups is 2. The van der Waals surface area contributed by atoms with Crippen molar-refractivity contribution in [1.29, 1.82) is 0 Å². The van der Waals surface area contributed by atoms with Gasteiger partial charge in [-0.1, -0.05) is 18.2 Å². The summed E-state index contributed by atoms with van der Waals surface area (Å²) in [6.45, 7) is 7.94. The van der Waals surface area contributed by atoms with Crippen molar-refractivity contribution in [2.24, 2.45) is 0 Å². The van der Waals surface area contributed by atoms with E-state index in [1.807, 2.05) is 50.8 Å². The summed E-state index contributed by atoms with van der Waals surface area (Å²) >= 11 is 0. The normalized spacial score (nSPS) is 22.3. The minimum Gasteiger partial charge on any atom is -0.479 e. The van der Waals surface area contributed by atoms with Crippen molar-refractivity contribution >= 4 is 23.5 Å². The number of aromatic nitrogens is 2. The van der Waals surface area contributed by atoms with Gasteiger partial charge in [0.15, 0.2) is 0 Å². The number of nitrogens with one attached hydrogen (secondary N) is 1. The summed E-state index contributed by atoms with van der Waals surface area (Å²) in [5.41, 5.74) is -2.84. The predicted octanol–water partition coefficient (Wildman–Crippen LogP) is 5.46. The average molecular weight is 616 g/mol. The van der Waals surface area contributed by atoms with Gasteiger partial charge in [-0.25, -0.2) is 27.3 Å². The van der Waals surface area contributed by atoms with Crippen LogP contribution in [0.2, 0.25) is 0 Å². The maximum absolute atomic E-state index is 16.9. The van der Waals surface area contributed by atoms with Crippen molar-refractivity contribution in [3.05, 3.63) is 77.1 Å². The highest BCUT2D eigenvalue weighted by molar-refractivity contribution is 5.97. The number of carboxylic acids is 1. The van der Waals surface area contributed by atoms with Gasteiger partial charge in [0.25, 0.3) is 5.91 Å². The lowest BCUT2D eigenvalue weighted by Crippen LogP contribution is -2.47. The second-order valence-corrected chi connectivity index (χ2v) is 12.9. The molecule has 0 aliphatic carbocycles. The van der Waals surface area contributed by atoms with Crippen LogP contribution < -0.4 is 10.2 Å². The van der Waals surface area contributed by atoms with Gasteiger partial charge in [0, 0.05) is 74.6 Å². The second kappa shape index (κ2) is 11.5. The lowest BCUT2D eigenvalue weighted by atomic mass is 9.85. The molecule has 2 N–H and O–H groups in total. The van der Waals surface area contributed by atoms with Crippen LogP contribution in [-0.2, 0) is 16.1 Å². The molecule has 8 nitrogen and oxygen atoms in total. The minimum atomic E-state index is -2.55. The molecule has 2 aliphatic rings. The fourth-order valence-corrected chi connectivity index (χ4v) is 6.06. The van der Waals surface area contributed by atoms with Gasteiger partial charge in [-0.3, -0.25) is 15.0 Å². The lowest BCUT2D eigenvalue weighted by molar-refractivity contribution is -0.152. The first-order chi connectivity index (χ1) is 20.6. The number of carboxylic acid groups (broad SMARTS) is 1. The fourth-order valence-electron chi connectivity index (χ4n) is 6.06. The third kappa shape index (κ3) is 6.04. The summed E-state index contributed by atoms with van der Waals surface area (Å²) in [6, 6.07) is 8.68. The summed E-state index contributed by atoms with van der Waals surface area (Å²) in [6.07, 6.45) is 2.79. The van der Waals surface area contributed by atoms with Gasteiger partial charge < -0.3 is 14.6 Å². The van der Waals surface area contributed by atoms with Gasteiger partial charge in [-0.05, 0) is 56.5 Å². The molecule has 1 aromatic heterocycles. The molecule has 2 atom stereocenters. The Labute approximate surface area is 253 Å². The summed E-state index contributed by atoms with van der Waals surface area (Å²) in [5, 5.41) is 11.9. The van der Waals surface area contributed by atoms with Gasteiger partial charge >= 0.3 is 5.97 Å². The minimum absolute atomic E-state index is 0.0506. The van der Waals surface area contributed by atoms with E-state index in [4.69, 9.17) is 0 Å². The van der Waals surface area contributed by atoms with Crippen LogP contribution >= 0.6 is 0 Å². The molecular weight excluding hydrogens is 578 g/mol. The molecule has 5 rings (SSSR count). The fraction of sp³-hybridized carbons (Fsp3) is 0.469. The van der Waals surface area contributed by atoms with E-state index in [0.717, 1.165) is 22.9 Å². The van der Waals surface area contributed by atoms with E-state index in [9.17, 15) is 27.9 Å². The first-order valence-electron chi connectivity index (χ1n) is 14.6. The zero-order valence-corrected chi connectivity index (χ0v) is 25.2. The maximum Gasteiger partial charge on any atom is 0.341 e. The lowest BCUT2D eigenvalue weighted by Gasteiger charge is -2.36. The number of rotatable bonds is 7. The number of halogens is 4. The van der Waals surface area contributed by atoms with Gasteiger partial charge in [-0.15, -0.1) is 0 Å². The van der Waals surface area contributed by atoms with Crippen molar-refractivity contribution < 1.29 is 32.3 Å². The van der Waals surface area contributed by atoms with Crippen LogP contribution in [0.25, 0.3) is 0 Å². The number of alkyl halides is 2. The molecule has 0 bridgehead atoms. The van der Waals surface area contributed by atoms with Crippen molar-refractivity contribution in [2.45, 2.75) is 69.9 Å². The van der Waals surface area contributed by atoms with E-state index in [2.05, 4.69) is 10.3 Å². The molecule has 12 heteroatoms. The molecular formula is C32H37F4N5O3. The topological polar surface area (TPSA) is 90.7 Å². The number of amides is 1. The largest absolute Gasteiger partial charge is 0.479 e. The maximum atomic E-state index is 16.9. The molecule has 2 saturated heterocycles. The van der Waals surface area contributed by atoms with Crippen molar-refractivity contribution in [1.82, 2.24) is 14.5 Å². The number of piperidine rings is 1.